The molecule has 1 aromatic heterocycles. The summed E-state index contributed by atoms with van der Waals surface area (Å²) in [6, 6.07) is -0.358. The van der Waals surface area contributed by atoms with E-state index in [0.29, 0.717) is 25.1 Å². The normalized spacial score (nSPS) is 18.9. The van der Waals surface area contributed by atoms with Gasteiger partial charge in [0.05, 0.1) is 6.54 Å². The van der Waals surface area contributed by atoms with Gasteiger partial charge < -0.3 is 15.1 Å². The first-order valence-corrected chi connectivity index (χ1v) is 8.73. The molecule has 1 atom stereocenters. The highest BCUT2D eigenvalue weighted by molar-refractivity contribution is 5.29. The molecule has 3 rings (SSSR count). The van der Waals surface area contributed by atoms with Crippen molar-refractivity contribution < 1.29 is 26.7 Å². The molecule has 1 aliphatic carbocycles. The zero-order valence-corrected chi connectivity index (χ0v) is 15.2. The van der Waals surface area contributed by atoms with Gasteiger partial charge >= 0.3 is 6.18 Å². The summed E-state index contributed by atoms with van der Waals surface area (Å²) >= 11 is 0. The Balaban J connectivity index is 0.00000136. The van der Waals surface area contributed by atoms with E-state index in [-0.39, 0.29) is 55.9 Å². The minimum Gasteiger partial charge on any atom is -0.327 e. The van der Waals surface area contributed by atoms with Crippen LogP contribution >= 0.6 is 0 Å². The molecule has 0 bridgehead atoms. The maximum Gasteiger partial charge on any atom is 0.451 e. The van der Waals surface area contributed by atoms with Crippen molar-refractivity contribution in [2.45, 2.75) is 51.0 Å². The van der Waals surface area contributed by atoms with E-state index in [4.69, 9.17) is 10.5 Å². The van der Waals surface area contributed by atoms with Crippen molar-refractivity contribution in [1.29, 1.82) is 0 Å². The third-order valence-corrected chi connectivity index (χ3v) is 4.65. The Hall–Kier alpha value is -2.14. The molecule has 2 N–H and O–H groups in total. The molecule has 1 unspecified atom stereocenters. The molecule has 156 valence electrons. The number of carbonyl (C=O) groups is 1. The van der Waals surface area contributed by atoms with Gasteiger partial charge in [0.2, 0.25) is 5.82 Å². The van der Waals surface area contributed by atoms with Crippen LogP contribution in [0.15, 0.2) is 23.3 Å². The smallest absolute Gasteiger partial charge is 0.327 e. The number of halogens is 5. The van der Waals surface area contributed by atoms with E-state index >= 15 is 0 Å². The predicted molar refractivity (Wildman–Crippen MR) is 91.2 cm³/mol. The molecule has 2 heterocycles. The highest BCUT2D eigenvalue weighted by Gasteiger charge is 2.39. The van der Waals surface area contributed by atoms with Crippen LogP contribution in [0, 0.1) is 0 Å². The average molecular weight is 407 g/mol. The van der Waals surface area contributed by atoms with Crippen LogP contribution in [0.4, 0.5) is 22.0 Å². The number of allylic oxidation sites excluding steroid dienone is 3. The second-order valence-electron chi connectivity index (χ2n) is 6.64. The van der Waals surface area contributed by atoms with Crippen molar-refractivity contribution in [2.24, 2.45) is 5.73 Å². The van der Waals surface area contributed by atoms with E-state index < -0.39 is 12.0 Å². The molecule has 0 radical (unpaired) electrons. The van der Waals surface area contributed by atoms with Gasteiger partial charge in [-0.25, -0.2) is 8.78 Å². The fourth-order valence-electron chi connectivity index (χ4n) is 3.24. The summed E-state index contributed by atoms with van der Waals surface area (Å²) in [4.78, 5) is 9.94. The van der Waals surface area contributed by atoms with Crippen LogP contribution in [0.1, 0.15) is 37.3 Å². The Labute approximate surface area is 158 Å². The van der Waals surface area contributed by atoms with Gasteiger partial charge in [-0.05, 0) is 24.5 Å². The average Bonchev–Trinajstić information content (AvgIpc) is 3.08. The number of nitrogens with zero attached hydrogens (tertiary/aromatic N) is 4. The quantitative estimate of drug-likeness (QED) is 0.760. The third-order valence-electron chi connectivity index (χ3n) is 4.65. The molecule has 0 aromatic carbocycles. The molecule has 1 aromatic rings. The first kappa shape index (κ1) is 22.2. The Morgan fingerprint density at radius 1 is 1.18 bits per heavy atom. The standard InChI is InChI=1S/C16H20F5N5.CH2O/c17-11-1-2-13(18)10(7-11)8-12(22)3-4-25-5-6-26-14(9-25)23-24-15(26)16(19,20)21;1-2/h7,12H,1-6,8-9,22H2;1H2. The van der Waals surface area contributed by atoms with E-state index in [1.54, 1.807) is 0 Å². The minimum atomic E-state index is -4.52. The second kappa shape index (κ2) is 9.37. The first-order chi connectivity index (χ1) is 13.2. The van der Waals surface area contributed by atoms with Crippen molar-refractivity contribution in [3.8, 4) is 0 Å². The second-order valence-corrected chi connectivity index (χ2v) is 6.64. The predicted octanol–water partition coefficient (Wildman–Crippen LogP) is 2.91. The molecule has 0 saturated carbocycles. The number of alkyl halides is 3. The van der Waals surface area contributed by atoms with Crippen LogP contribution in [0.25, 0.3) is 0 Å². The van der Waals surface area contributed by atoms with Crippen LogP contribution in [-0.4, -0.2) is 45.6 Å². The topological polar surface area (TPSA) is 77.0 Å². The highest BCUT2D eigenvalue weighted by atomic mass is 19.4. The Morgan fingerprint density at radius 3 is 2.57 bits per heavy atom. The molecule has 0 spiro atoms. The van der Waals surface area contributed by atoms with Crippen LogP contribution < -0.4 is 5.73 Å². The molecule has 1 aliphatic heterocycles. The van der Waals surface area contributed by atoms with Gasteiger partial charge in [-0.3, -0.25) is 4.90 Å². The van der Waals surface area contributed by atoms with Crippen LogP contribution in [0.5, 0.6) is 0 Å². The van der Waals surface area contributed by atoms with E-state index in [2.05, 4.69) is 10.2 Å². The lowest BCUT2D eigenvalue weighted by atomic mass is 9.97. The zero-order chi connectivity index (χ0) is 20.9. The lowest BCUT2D eigenvalue weighted by Gasteiger charge is -2.28. The molecule has 28 heavy (non-hydrogen) atoms. The summed E-state index contributed by atoms with van der Waals surface area (Å²) in [5, 5.41) is 6.86. The van der Waals surface area contributed by atoms with E-state index in [0.717, 1.165) is 4.57 Å². The van der Waals surface area contributed by atoms with Crippen LogP contribution in [0.2, 0.25) is 0 Å². The summed E-state index contributed by atoms with van der Waals surface area (Å²) in [6.07, 6.45) is -2.41. The number of carbonyl (C=O) groups excluding carboxylic acids is 1. The van der Waals surface area contributed by atoms with Gasteiger partial charge in [0, 0.05) is 38.5 Å². The molecule has 11 heteroatoms. The van der Waals surface area contributed by atoms with Crippen LogP contribution in [-0.2, 0) is 24.1 Å². The van der Waals surface area contributed by atoms with Gasteiger partial charge in [0.15, 0.2) is 0 Å². The molecular formula is C17H22F5N5O. The van der Waals surface area contributed by atoms with Crippen molar-refractivity contribution in [3.05, 3.63) is 35.0 Å². The number of fused-ring (bicyclic) bond motifs is 1. The van der Waals surface area contributed by atoms with Crippen molar-refractivity contribution in [3.63, 3.8) is 0 Å². The van der Waals surface area contributed by atoms with Gasteiger partial charge in [0.25, 0.3) is 0 Å². The minimum absolute atomic E-state index is 0.0632. The fraction of sp³-hybridized carbons (Fsp3) is 0.588. The molecule has 0 fully saturated rings. The molecular weight excluding hydrogens is 385 g/mol. The monoisotopic (exact) mass is 407 g/mol. The Morgan fingerprint density at radius 2 is 1.89 bits per heavy atom. The maximum absolute atomic E-state index is 13.7. The summed E-state index contributed by atoms with van der Waals surface area (Å²) in [6.45, 7) is 3.37. The molecule has 0 amide bonds. The molecule has 2 aliphatic rings. The van der Waals surface area contributed by atoms with E-state index in [9.17, 15) is 22.0 Å². The number of rotatable bonds is 5. The molecule has 0 saturated heterocycles. The lowest BCUT2D eigenvalue weighted by molar-refractivity contribution is -0.148. The summed E-state index contributed by atoms with van der Waals surface area (Å²) in [5.41, 5.74) is 6.32. The van der Waals surface area contributed by atoms with E-state index in [1.807, 2.05) is 11.7 Å². The zero-order valence-electron chi connectivity index (χ0n) is 15.2. The SMILES string of the molecule is C=O.NC(CCN1CCn2c(nnc2C(F)(F)F)C1)CC1=C(F)CCC(F)=C1. The lowest BCUT2D eigenvalue weighted by Crippen LogP contribution is -2.38. The van der Waals surface area contributed by atoms with Gasteiger partial charge in [-0.2, -0.15) is 13.2 Å². The van der Waals surface area contributed by atoms with Crippen molar-refractivity contribution in [1.82, 2.24) is 19.7 Å². The third kappa shape index (κ3) is 5.44. The van der Waals surface area contributed by atoms with Crippen molar-refractivity contribution >= 4 is 6.79 Å². The number of nitrogens with two attached hydrogens (primary N) is 1. The van der Waals surface area contributed by atoms with Crippen LogP contribution in [0.3, 0.4) is 0 Å². The number of hydrogen-bond acceptors (Lipinski definition) is 5. The highest BCUT2D eigenvalue weighted by Crippen LogP contribution is 2.30. The first-order valence-electron chi connectivity index (χ1n) is 8.73. The van der Waals surface area contributed by atoms with Crippen molar-refractivity contribution in [2.75, 3.05) is 13.1 Å². The van der Waals surface area contributed by atoms with E-state index in [1.165, 1.54) is 6.08 Å². The summed E-state index contributed by atoms with van der Waals surface area (Å²) < 4.78 is 66.6. The van der Waals surface area contributed by atoms with Gasteiger partial charge in [-0.15, -0.1) is 10.2 Å². The largest absolute Gasteiger partial charge is 0.451 e. The summed E-state index contributed by atoms with van der Waals surface area (Å²) in [5.74, 6) is -1.38. The van der Waals surface area contributed by atoms with Gasteiger partial charge in [-0.1, -0.05) is 0 Å². The Kier molecular flexibility index (Phi) is 7.41. The number of aromatic nitrogens is 3. The molecule has 6 nitrogen and oxygen atoms in total. The number of hydrogen-bond donors (Lipinski definition) is 1. The Bertz CT molecular complexity index is 743. The summed E-state index contributed by atoms with van der Waals surface area (Å²) in [7, 11) is 0. The maximum atomic E-state index is 13.7. The van der Waals surface area contributed by atoms with Gasteiger partial charge in [0.1, 0.15) is 24.3 Å². The fourth-order valence-corrected chi connectivity index (χ4v) is 3.24.